The van der Waals surface area contributed by atoms with Crippen molar-refractivity contribution < 1.29 is 4.79 Å². The highest BCUT2D eigenvalue weighted by Crippen LogP contribution is 2.39. The van der Waals surface area contributed by atoms with E-state index in [2.05, 4.69) is 44.9 Å². The molecule has 1 spiro atoms. The van der Waals surface area contributed by atoms with E-state index in [-0.39, 0.29) is 5.41 Å². The van der Waals surface area contributed by atoms with Crippen LogP contribution in [0.4, 0.5) is 0 Å². The van der Waals surface area contributed by atoms with Crippen LogP contribution in [0.3, 0.4) is 0 Å². The minimum Gasteiger partial charge on any atom is -0.348 e. The second-order valence-electron chi connectivity index (χ2n) is 8.55. The van der Waals surface area contributed by atoms with Crippen molar-refractivity contribution in [3.05, 3.63) is 35.7 Å². The predicted molar refractivity (Wildman–Crippen MR) is 108 cm³/mol. The van der Waals surface area contributed by atoms with Crippen LogP contribution in [0.5, 0.6) is 0 Å². The molecule has 2 aliphatic rings. The van der Waals surface area contributed by atoms with Gasteiger partial charge in [0.2, 0.25) is 5.91 Å². The molecule has 4 heterocycles. The largest absolute Gasteiger partial charge is 0.348 e. The van der Waals surface area contributed by atoms with Gasteiger partial charge in [0, 0.05) is 74.6 Å². The summed E-state index contributed by atoms with van der Waals surface area (Å²) in [5.41, 5.74) is 3.82. The Morgan fingerprint density at radius 1 is 1.29 bits per heavy atom. The zero-order chi connectivity index (χ0) is 19.6. The van der Waals surface area contributed by atoms with Crippen molar-refractivity contribution in [1.82, 2.24) is 29.5 Å². The Kier molecular flexibility index (Phi) is 5.53. The number of imidazole rings is 1. The Labute approximate surface area is 167 Å². The SMILES string of the molecule is CCn1cc(CN2CCC[C@]3(CCC(=O)N(CCc4cnc[nH]4)C3)C2)c(C)n1. The summed E-state index contributed by atoms with van der Waals surface area (Å²) >= 11 is 0. The summed E-state index contributed by atoms with van der Waals surface area (Å²) < 4.78 is 2.03. The van der Waals surface area contributed by atoms with Crippen LogP contribution in [0.2, 0.25) is 0 Å². The molecule has 0 saturated carbocycles. The Morgan fingerprint density at radius 3 is 2.93 bits per heavy atom. The van der Waals surface area contributed by atoms with Gasteiger partial charge in [0.15, 0.2) is 0 Å². The van der Waals surface area contributed by atoms with E-state index in [4.69, 9.17) is 0 Å². The minimum atomic E-state index is 0.245. The molecule has 4 rings (SSSR count). The van der Waals surface area contributed by atoms with Gasteiger partial charge in [-0.05, 0) is 39.7 Å². The molecular formula is C21H32N6O. The van der Waals surface area contributed by atoms with Crippen LogP contribution in [0.25, 0.3) is 0 Å². The number of piperidine rings is 2. The average Bonchev–Trinajstić information content (AvgIpc) is 3.33. The Bertz CT molecular complexity index is 798. The molecule has 152 valence electrons. The van der Waals surface area contributed by atoms with E-state index >= 15 is 0 Å². The number of aromatic nitrogens is 4. The van der Waals surface area contributed by atoms with Crippen LogP contribution in [0.1, 0.15) is 49.6 Å². The summed E-state index contributed by atoms with van der Waals surface area (Å²) in [5.74, 6) is 0.308. The maximum absolute atomic E-state index is 12.5. The normalized spacial score (nSPS) is 23.6. The molecule has 2 aromatic rings. The number of carbonyl (C=O) groups is 1. The van der Waals surface area contributed by atoms with Gasteiger partial charge in [0.25, 0.3) is 0 Å². The lowest BCUT2D eigenvalue weighted by atomic mass is 9.73. The molecule has 0 aliphatic carbocycles. The van der Waals surface area contributed by atoms with E-state index < -0.39 is 0 Å². The van der Waals surface area contributed by atoms with Crippen molar-refractivity contribution in [3.63, 3.8) is 0 Å². The number of hydrogen-bond donors (Lipinski definition) is 1. The first-order valence-electron chi connectivity index (χ1n) is 10.6. The molecule has 2 aliphatic heterocycles. The molecule has 0 unspecified atom stereocenters. The van der Waals surface area contributed by atoms with Gasteiger partial charge in [-0.15, -0.1) is 0 Å². The third-order valence-corrected chi connectivity index (χ3v) is 6.46. The highest BCUT2D eigenvalue weighted by Gasteiger charge is 2.41. The van der Waals surface area contributed by atoms with Crippen LogP contribution in [0.15, 0.2) is 18.7 Å². The third kappa shape index (κ3) is 4.14. The van der Waals surface area contributed by atoms with E-state index in [1.807, 2.05) is 10.9 Å². The van der Waals surface area contributed by atoms with Crippen LogP contribution < -0.4 is 0 Å². The zero-order valence-electron chi connectivity index (χ0n) is 17.2. The van der Waals surface area contributed by atoms with E-state index in [1.54, 1.807) is 6.33 Å². The van der Waals surface area contributed by atoms with Crippen LogP contribution in [-0.4, -0.2) is 61.6 Å². The number of rotatable bonds is 6. The molecule has 28 heavy (non-hydrogen) atoms. The summed E-state index contributed by atoms with van der Waals surface area (Å²) in [4.78, 5) is 24.4. The summed E-state index contributed by atoms with van der Waals surface area (Å²) in [7, 11) is 0. The van der Waals surface area contributed by atoms with Gasteiger partial charge in [-0.3, -0.25) is 14.4 Å². The second kappa shape index (κ2) is 8.07. The number of nitrogens with one attached hydrogen (secondary N) is 1. The fourth-order valence-corrected chi connectivity index (χ4v) is 4.88. The van der Waals surface area contributed by atoms with Gasteiger partial charge in [0.1, 0.15) is 0 Å². The number of hydrogen-bond acceptors (Lipinski definition) is 4. The molecule has 2 aromatic heterocycles. The van der Waals surface area contributed by atoms with E-state index in [0.29, 0.717) is 12.3 Å². The van der Waals surface area contributed by atoms with E-state index in [1.165, 1.54) is 18.4 Å². The molecule has 0 aromatic carbocycles. The lowest BCUT2D eigenvalue weighted by molar-refractivity contribution is -0.139. The van der Waals surface area contributed by atoms with Crippen molar-refractivity contribution >= 4 is 5.91 Å². The molecule has 7 nitrogen and oxygen atoms in total. The standard InChI is InChI=1S/C21H32N6O/c1-3-27-13-18(17(2)24-27)12-25-9-4-7-21(14-25)8-5-20(28)26(15-21)10-6-19-11-22-16-23-19/h11,13,16H,3-10,12,14-15H2,1-2H3,(H,22,23)/t21-/m0/s1. The summed E-state index contributed by atoms with van der Waals surface area (Å²) in [5, 5.41) is 4.60. The van der Waals surface area contributed by atoms with Crippen molar-refractivity contribution in [2.24, 2.45) is 5.41 Å². The molecule has 0 bridgehead atoms. The lowest BCUT2D eigenvalue weighted by Gasteiger charge is -2.48. The van der Waals surface area contributed by atoms with Crippen LogP contribution in [-0.2, 0) is 24.3 Å². The Morgan fingerprint density at radius 2 is 2.18 bits per heavy atom. The molecule has 2 fully saturated rings. The third-order valence-electron chi connectivity index (χ3n) is 6.46. The maximum Gasteiger partial charge on any atom is 0.222 e. The van der Waals surface area contributed by atoms with E-state index in [9.17, 15) is 4.79 Å². The van der Waals surface area contributed by atoms with Crippen LogP contribution in [0, 0.1) is 12.3 Å². The van der Waals surface area contributed by atoms with Crippen molar-refractivity contribution in [2.45, 2.75) is 59.0 Å². The van der Waals surface area contributed by atoms with Crippen molar-refractivity contribution in [3.8, 4) is 0 Å². The molecular weight excluding hydrogens is 352 g/mol. The molecule has 1 amide bonds. The number of carbonyl (C=O) groups excluding carboxylic acids is 1. The number of amides is 1. The van der Waals surface area contributed by atoms with Gasteiger partial charge in [-0.25, -0.2) is 4.98 Å². The average molecular weight is 385 g/mol. The number of aryl methyl sites for hydroxylation is 2. The highest BCUT2D eigenvalue weighted by atomic mass is 16.2. The van der Waals surface area contributed by atoms with Gasteiger partial charge in [-0.2, -0.15) is 5.10 Å². The zero-order valence-corrected chi connectivity index (χ0v) is 17.2. The highest BCUT2D eigenvalue weighted by molar-refractivity contribution is 5.77. The second-order valence-corrected chi connectivity index (χ2v) is 8.55. The summed E-state index contributed by atoms with van der Waals surface area (Å²) in [6.07, 6.45) is 10.7. The topological polar surface area (TPSA) is 70.1 Å². The fraction of sp³-hybridized carbons (Fsp3) is 0.667. The first-order chi connectivity index (χ1) is 13.6. The maximum atomic E-state index is 12.5. The van der Waals surface area contributed by atoms with Gasteiger partial charge in [0.05, 0.1) is 12.0 Å². The molecule has 7 heteroatoms. The van der Waals surface area contributed by atoms with Gasteiger partial charge >= 0.3 is 0 Å². The quantitative estimate of drug-likeness (QED) is 0.830. The molecule has 2 saturated heterocycles. The summed E-state index contributed by atoms with van der Waals surface area (Å²) in [6.45, 7) is 10.0. The number of aromatic amines is 1. The molecule has 0 radical (unpaired) electrons. The van der Waals surface area contributed by atoms with Crippen molar-refractivity contribution in [1.29, 1.82) is 0 Å². The first kappa shape index (κ1) is 19.2. The number of H-pyrrole nitrogens is 1. The first-order valence-corrected chi connectivity index (χ1v) is 10.6. The van der Waals surface area contributed by atoms with Crippen LogP contribution >= 0.6 is 0 Å². The Balaban J connectivity index is 1.40. The minimum absolute atomic E-state index is 0.245. The predicted octanol–water partition coefficient (Wildman–Crippen LogP) is 2.38. The van der Waals surface area contributed by atoms with Crippen molar-refractivity contribution in [2.75, 3.05) is 26.2 Å². The lowest BCUT2D eigenvalue weighted by Crippen LogP contribution is -2.54. The number of likely N-dealkylation sites (tertiary alicyclic amines) is 2. The molecule has 1 N–H and O–H groups in total. The Hall–Kier alpha value is -2.15. The number of nitrogens with zero attached hydrogens (tertiary/aromatic N) is 5. The molecule has 1 atom stereocenters. The monoisotopic (exact) mass is 384 g/mol. The summed E-state index contributed by atoms with van der Waals surface area (Å²) in [6, 6.07) is 0. The van der Waals surface area contributed by atoms with Gasteiger partial charge in [-0.1, -0.05) is 0 Å². The fourth-order valence-electron chi connectivity index (χ4n) is 4.88. The van der Waals surface area contributed by atoms with Gasteiger partial charge < -0.3 is 9.88 Å². The smallest absolute Gasteiger partial charge is 0.222 e. The van der Waals surface area contributed by atoms with E-state index in [0.717, 1.165) is 63.5 Å².